The number of phenolic OH excluding ortho intramolecular Hbond substituents is 2. The molecule has 1 aromatic carbocycles. The standard InChI is InChI=1S/C25H40O5/c1-2-3-4-7-10-13-22(14-11-8-5-6-9-12-19-26)30-25(29)18-16-21-15-17-23(27)24(28)20-21/h15-18,20,22,26-28H,2-14,19H2,1H3. The van der Waals surface area contributed by atoms with Crippen molar-refractivity contribution >= 4 is 12.0 Å². The van der Waals surface area contributed by atoms with Crippen LogP contribution in [0.4, 0.5) is 0 Å². The van der Waals surface area contributed by atoms with Crippen molar-refractivity contribution in [3.8, 4) is 11.5 Å². The third-order valence-corrected chi connectivity index (χ3v) is 5.26. The Morgan fingerprint density at radius 3 is 2.10 bits per heavy atom. The van der Waals surface area contributed by atoms with Gasteiger partial charge in [0.1, 0.15) is 6.10 Å². The van der Waals surface area contributed by atoms with Crippen molar-refractivity contribution in [2.75, 3.05) is 6.61 Å². The second-order valence-electron chi connectivity index (χ2n) is 7.98. The molecule has 0 aromatic heterocycles. The number of ether oxygens (including phenoxy) is 1. The van der Waals surface area contributed by atoms with Crippen molar-refractivity contribution in [1.82, 2.24) is 0 Å². The molecule has 0 aliphatic rings. The molecule has 1 atom stereocenters. The van der Waals surface area contributed by atoms with E-state index in [9.17, 15) is 15.0 Å². The third-order valence-electron chi connectivity index (χ3n) is 5.26. The number of rotatable bonds is 17. The number of phenols is 2. The molecule has 0 saturated heterocycles. The molecule has 3 N–H and O–H groups in total. The fourth-order valence-electron chi connectivity index (χ4n) is 3.44. The Hall–Kier alpha value is -2.01. The van der Waals surface area contributed by atoms with E-state index >= 15 is 0 Å². The zero-order valence-corrected chi connectivity index (χ0v) is 18.5. The summed E-state index contributed by atoms with van der Waals surface area (Å²) in [6, 6.07) is 4.42. The van der Waals surface area contributed by atoms with E-state index in [1.807, 2.05) is 0 Å². The van der Waals surface area contributed by atoms with Crippen LogP contribution in [0.1, 0.15) is 96.0 Å². The van der Waals surface area contributed by atoms with Crippen molar-refractivity contribution in [2.45, 2.75) is 96.5 Å². The Labute approximate surface area is 181 Å². The Morgan fingerprint density at radius 2 is 1.50 bits per heavy atom. The number of unbranched alkanes of at least 4 members (excludes halogenated alkanes) is 9. The monoisotopic (exact) mass is 420 g/mol. The number of aliphatic hydroxyl groups excluding tert-OH is 1. The van der Waals surface area contributed by atoms with Crippen LogP contribution in [0.25, 0.3) is 6.08 Å². The highest BCUT2D eigenvalue weighted by atomic mass is 16.5. The number of carbonyl (C=O) groups excluding carboxylic acids is 1. The molecule has 0 spiro atoms. The topological polar surface area (TPSA) is 87.0 Å². The molecule has 0 fully saturated rings. The highest BCUT2D eigenvalue weighted by Crippen LogP contribution is 2.25. The number of hydrogen-bond acceptors (Lipinski definition) is 5. The van der Waals surface area contributed by atoms with Gasteiger partial charge in [0.05, 0.1) is 0 Å². The lowest BCUT2D eigenvalue weighted by atomic mass is 10.0. The van der Waals surface area contributed by atoms with E-state index in [-0.39, 0.29) is 30.2 Å². The van der Waals surface area contributed by atoms with Gasteiger partial charge in [-0.3, -0.25) is 0 Å². The van der Waals surface area contributed by atoms with Crippen LogP contribution >= 0.6 is 0 Å². The van der Waals surface area contributed by atoms with Crippen molar-refractivity contribution in [3.63, 3.8) is 0 Å². The summed E-state index contributed by atoms with van der Waals surface area (Å²) in [5.74, 6) is -0.771. The van der Waals surface area contributed by atoms with Gasteiger partial charge in [-0.2, -0.15) is 0 Å². The average Bonchev–Trinajstić information content (AvgIpc) is 2.73. The van der Waals surface area contributed by atoms with Gasteiger partial charge in [-0.1, -0.05) is 64.4 Å². The third kappa shape index (κ3) is 12.5. The maximum absolute atomic E-state index is 12.3. The molecule has 0 heterocycles. The maximum Gasteiger partial charge on any atom is 0.331 e. The van der Waals surface area contributed by atoms with E-state index in [2.05, 4.69) is 6.92 Å². The minimum Gasteiger partial charge on any atom is -0.504 e. The molecule has 0 amide bonds. The Balaban J connectivity index is 2.45. The zero-order chi connectivity index (χ0) is 22.0. The molecule has 0 saturated carbocycles. The number of benzene rings is 1. The predicted octanol–water partition coefficient (Wildman–Crippen LogP) is 6.11. The number of aliphatic hydroxyl groups is 1. The predicted molar refractivity (Wildman–Crippen MR) is 121 cm³/mol. The molecule has 1 rings (SSSR count). The lowest BCUT2D eigenvalue weighted by Gasteiger charge is -2.17. The summed E-state index contributed by atoms with van der Waals surface area (Å²) in [4.78, 5) is 12.3. The van der Waals surface area contributed by atoms with Crippen molar-refractivity contribution in [1.29, 1.82) is 0 Å². The fourth-order valence-corrected chi connectivity index (χ4v) is 3.44. The molecular weight excluding hydrogens is 380 g/mol. The highest BCUT2D eigenvalue weighted by molar-refractivity contribution is 5.87. The normalized spacial score (nSPS) is 12.3. The Morgan fingerprint density at radius 1 is 0.900 bits per heavy atom. The first kappa shape index (κ1) is 26.0. The Kier molecular flexibility index (Phi) is 14.5. The van der Waals surface area contributed by atoms with Crippen LogP contribution in [0.5, 0.6) is 11.5 Å². The minimum absolute atomic E-state index is 0.0607. The van der Waals surface area contributed by atoms with Crippen LogP contribution in [0.3, 0.4) is 0 Å². The van der Waals surface area contributed by atoms with Crippen LogP contribution in [0, 0.1) is 0 Å². The van der Waals surface area contributed by atoms with Gasteiger partial charge in [-0.25, -0.2) is 4.79 Å². The van der Waals surface area contributed by atoms with Gasteiger partial charge < -0.3 is 20.1 Å². The van der Waals surface area contributed by atoms with E-state index < -0.39 is 0 Å². The van der Waals surface area contributed by atoms with Crippen LogP contribution < -0.4 is 0 Å². The molecule has 5 heteroatoms. The van der Waals surface area contributed by atoms with Crippen LogP contribution in [-0.2, 0) is 9.53 Å². The first-order valence-corrected chi connectivity index (χ1v) is 11.6. The van der Waals surface area contributed by atoms with Crippen molar-refractivity contribution < 1.29 is 24.9 Å². The molecule has 0 bridgehead atoms. The van der Waals surface area contributed by atoms with Gasteiger partial charge >= 0.3 is 5.97 Å². The van der Waals surface area contributed by atoms with Gasteiger partial charge in [0.25, 0.3) is 0 Å². The summed E-state index contributed by atoms with van der Waals surface area (Å²) >= 11 is 0. The summed E-state index contributed by atoms with van der Waals surface area (Å²) in [6.07, 6.45) is 17.0. The Bertz CT molecular complexity index is 612. The van der Waals surface area contributed by atoms with E-state index in [1.165, 1.54) is 43.9 Å². The molecule has 30 heavy (non-hydrogen) atoms. The van der Waals surface area contributed by atoms with E-state index in [0.29, 0.717) is 5.56 Å². The molecule has 0 radical (unpaired) electrons. The summed E-state index contributed by atoms with van der Waals surface area (Å²) in [5, 5.41) is 27.7. The highest BCUT2D eigenvalue weighted by Gasteiger charge is 2.13. The quantitative estimate of drug-likeness (QED) is 0.123. The van der Waals surface area contributed by atoms with Gasteiger partial charge in [-0.05, 0) is 55.9 Å². The van der Waals surface area contributed by atoms with Gasteiger partial charge in [-0.15, -0.1) is 0 Å². The van der Waals surface area contributed by atoms with Gasteiger partial charge in [0, 0.05) is 12.7 Å². The summed E-state index contributed by atoms with van der Waals surface area (Å²) in [5.41, 5.74) is 0.626. The van der Waals surface area contributed by atoms with Crippen LogP contribution in [-0.4, -0.2) is 34.0 Å². The second-order valence-corrected chi connectivity index (χ2v) is 7.98. The smallest absolute Gasteiger partial charge is 0.331 e. The molecular formula is C25H40O5. The molecule has 0 aliphatic carbocycles. The lowest BCUT2D eigenvalue weighted by Crippen LogP contribution is -2.17. The van der Waals surface area contributed by atoms with Crippen molar-refractivity contribution in [3.05, 3.63) is 29.8 Å². The molecule has 1 aromatic rings. The number of hydrogen-bond donors (Lipinski definition) is 3. The minimum atomic E-state index is -0.371. The largest absolute Gasteiger partial charge is 0.504 e. The lowest BCUT2D eigenvalue weighted by molar-refractivity contribution is -0.143. The number of aromatic hydroxyl groups is 2. The van der Waals surface area contributed by atoms with Gasteiger partial charge in [0.2, 0.25) is 0 Å². The number of esters is 1. The van der Waals surface area contributed by atoms with Crippen LogP contribution in [0.15, 0.2) is 24.3 Å². The van der Waals surface area contributed by atoms with E-state index in [4.69, 9.17) is 9.84 Å². The molecule has 1 unspecified atom stereocenters. The fraction of sp³-hybridized carbons (Fsp3) is 0.640. The number of carbonyl (C=O) groups is 1. The summed E-state index contributed by atoms with van der Waals surface area (Å²) < 4.78 is 5.71. The molecule has 170 valence electrons. The van der Waals surface area contributed by atoms with Crippen LogP contribution in [0.2, 0.25) is 0 Å². The van der Waals surface area contributed by atoms with E-state index in [0.717, 1.165) is 57.8 Å². The first-order valence-electron chi connectivity index (χ1n) is 11.6. The maximum atomic E-state index is 12.3. The summed E-state index contributed by atoms with van der Waals surface area (Å²) in [6.45, 7) is 2.47. The summed E-state index contributed by atoms with van der Waals surface area (Å²) in [7, 11) is 0. The zero-order valence-electron chi connectivity index (χ0n) is 18.5. The molecule has 5 nitrogen and oxygen atoms in total. The SMILES string of the molecule is CCCCCCCC(CCCCCCCCO)OC(=O)C=Cc1ccc(O)c(O)c1. The van der Waals surface area contributed by atoms with E-state index in [1.54, 1.807) is 12.1 Å². The second kappa shape index (κ2) is 16.8. The molecule has 0 aliphatic heterocycles. The first-order chi connectivity index (χ1) is 14.6. The average molecular weight is 421 g/mol. The van der Waals surface area contributed by atoms with Gasteiger partial charge in [0.15, 0.2) is 11.5 Å². The van der Waals surface area contributed by atoms with Crippen molar-refractivity contribution in [2.24, 2.45) is 0 Å².